The minimum atomic E-state index is -0.303. The summed E-state index contributed by atoms with van der Waals surface area (Å²) in [6, 6.07) is 13.2. The molecule has 2 aromatic rings. The van der Waals surface area contributed by atoms with E-state index in [1.54, 1.807) is 30.3 Å². The van der Waals surface area contributed by atoms with Gasteiger partial charge in [0.25, 0.3) is 0 Å². The lowest BCUT2D eigenvalue weighted by Crippen LogP contribution is -2.40. The Bertz CT molecular complexity index is 727. The Labute approximate surface area is 146 Å². The van der Waals surface area contributed by atoms with Gasteiger partial charge in [-0.1, -0.05) is 36.4 Å². The molecule has 1 N–H and O–H groups in total. The molecule has 1 aliphatic heterocycles. The summed E-state index contributed by atoms with van der Waals surface area (Å²) in [5.74, 6) is -0.591. The molecule has 3 nitrogen and oxygen atoms in total. The topological polar surface area (TPSA) is 32.3 Å². The molecule has 1 fully saturated rings. The van der Waals surface area contributed by atoms with E-state index in [0.29, 0.717) is 17.7 Å². The minimum Gasteiger partial charge on any atom is -0.352 e. The van der Waals surface area contributed by atoms with Gasteiger partial charge < -0.3 is 5.32 Å². The van der Waals surface area contributed by atoms with Crippen molar-refractivity contribution in [2.75, 3.05) is 13.1 Å². The van der Waals surface area contributed by atoms with E-state index in [1.165, 1.54) is 12.1 Å². The van der Waals surface area contributed by atoms with Gasteiger partial charge >= 0.3 is 0 Å². The van der Waals surface area contributed by atoms with E-state index >= 15 is 0 Å². The van der Waals surface area contributed by atoms with Crippen molar-refractivity contribution in [3.05, 3.63) is 71.3 Å². The molecular weight excluding hydrogens is 322 g/mol. The summed E-state index contributed by atoms with van der Waals surface area (Å²) in [6.45, 7) is 2.29. The first kappa shape index (κ1) is 17.5. The summed E-state index contributed by atoms with van der Waals surface area (Å²) in [7, 11) is 0. The van der Waals surface area contributed by atoms with E-state index < -0.39 is 0 Å². The SMILES string of the molecule is O=C(NCc1ccccc1F)C1CCN(Cc2ccccc2F)CC1. The van der Waals surface area contributed by atoms with Gasteiger partial charge in [0.15, 0.2) is 0 Å². The highest BCUT2D eigenvalue weighted by Gasteiger charge is 2.25. The van der Waals surface area contributed by atoms with Crippen LogP contribution in [-0.4, -0.2) is 23.9 Å². The van der Waals surface area contributed by atoms with Crippen molar-refractivity contribution < 1.29 is 13.6 Å². The minimum absolute atomic E-state index is 0.0335. The van der Waals surface area contributed by atoms with Crippen molar-refractivity contribution >= 4 is 5.91 Å². The number of nitrogens with one attached hydrogen (secondary N) is 1. The van der Waals surface area contributed by atoms with Crippen LogP contribution in [0, 0.1) is 17.6 Å². The van der Waals surface area contributed by atoms with Gasteiger partial charge in [-0.2, -0.15) is 0 Å². The molecule has 3 rings (SSSR count). The summed E-state index contributed by atoms with van der Waals surface area (Å²) in [4.78, 5) is 14.5. The van der Waals surface area contributed by atoms with Crippen LogP contribution in [0.25, 0.3) is 0 Å². The maximum absolute atomic E-state index is 13.7. The first-order valence-electron chi connectivity index (χ1n) is 8.60. The zero-order valence-electron chi connectivity index (χ0n) is 14.1. The number of likely N-dealkylation sites (tertiary alicyclic amines) is 1. The van der Waals surface area contributed by atoms with Crippen LogP contribution in [0.4, 0.5) is 8.78 Å². The Morgan fingerprint density at radius 2 is 1.52 bits per heavy atom. The van der Waals surface area contributed by atoms with Crippen molar-refractivity contribution in [2.24, 2.45) is 5.92 Å². The van der Waals surface area contributed by atoms with Gasteiger partial charge in [0.2, 0.25) is 5.91 Å². The molecule has 0 unspecified atom stereocenters. The third-order valence-electron chi connectivity index (χ3n) is 4.72. The Balaban J connectivity index is 1.46. The number of carbonyl (C=O) groups is 1. The molecule has 1 saturated heterocycles. The van der Waals surface area contributed by atoms with E-state index in [1.807, 2.05) is 6.07 Å². The first-order valence-corrected chi connectivity index (χ1v) is 8.60. The third kappa shape index (κ3) is 4.63. The van der Waals surface area contributed by atoms with Crippen LogP contribution in [0.5, 0.6) is 0 Å². The Morgan fingerprint density at radius 3 is 2.12 bits per heavy atom. The van der Waals surface area contributed by atoms with Gasteiger partial charge in [0.05, 0.1) is 0 Å². The van der Waals surface area contributed by atoms with Crippen molar-refractivity contribution in [3.63, 3.8) is 0 Å². The molecule has 0 aromatic heterocycles. The lowest BCUT2D eigenvalue weighted by Gasteiger charge is -2.31. The lowest BCUT2D eigenvalue weighted by molar-refractivity contribution is -0.126. The molecule has 0 radical (unpaired) electrons. The molecule has 2 aromatic carbocycles. The summed E-state index contributed by atoms with van der Waals surface area (Å²) in [5, 5.41) is 2.83. The standard InChI is InChI=1S/C20H22F2N2O/c21-18-7-3-1-5-16(18)13-23-20(25)15-9-11-24(12-10-15)14-17-6-2-4-8-19(17)22/h1-8,15H,9-14H2,(H,23,25). The lowest BCUT2D eigenvalue weighted by atomic mass is 9.95. The number of amides is 1. The molecule has 0 spiro atoms. The van der Waals surface area contributed by atoms with Crippen LogP contribution >= 0.6 is 0 Å². The second kappa shape index (κ2) is 8.21. The van der Waals surface area contributed by atoms with E-state index in [-0.39, 0.29) is 30.0 Å². The third-order valence-corrected chi connectivity index (χ3v) is 4.72. The van der Waals surface area contributed by atoms with E-state index in [0.717, 1.165) is 25.9 Å². The fourth-order valence-electron chi connectivity index (χ4n) is 3.19. The molecule has 5 heteroatoms. The normalized spacial score (nSPS) is 15.9. The molecule has 132 valence electrons. The number of rotatable bonds is 5. The Kier molecular flexibility index (Phi) is 5.76. The molecule has 1 amide bonds. The van der Waals surface area contributed by atoms with Crippen molar-refractivity contribution in [1.29, 1.82) is 0 Å². The molecule has 0 saturated carbocycles. The van der Waals surface area contributed by atoms with Crippen LogP contribution in [0.15, 0.2) is 48.5 Å². The number of hydrogen-bond acceptors (Lipinski definition) is 2. The molecule has 25 heavy (non-hydrogen) atoms. The highest BCUT2D eigenvalue weighted by molar-refractivity contribution is 5.78. The second-order valence-electron chi connectivity index (χ2n) is 6.45. The maximum Gasteiger partial charge on any atom is 0.223 e. The monoisotopic (exact) mass is 344 g/mol. The largest absolute Gasteiger partial charge is 0.352 e. The zero-order chi connectivity index (χ0) is 17.6. The van der Waals surface area contributed by atoms with Crippen LogP contribution in [0.1, 0.15) is 24.0 Å². The molecular formula is C20H22F2N2O. The molecule has 1 heterocycles. The molecule has 1 aliphatic rings. The van der Waals surface area contributed by atoms with Gasteiger partial charge in [-0.05, 0) is 38.1 Å². The zero-order valence-corrected chi connectivity index (χ0v) is 14.1. The van der Waals surface area contributed by atoms with Gasteiger partial charge in [-0.15, -0.1) is 0 Å². The number of nitrogens with zero attached hydrogens (tertiary/aromatic N) is 1. The Morgan fingerprint density at radius 1 is 0.960 bits per heavy atom. The summed E-state index contributed by atoms with van der Waals surface area (Å²) < 4.78 is 27.3. The van der Waals surface area contributed by atoms with E-state index in [2.05, 4.69) is 10.2 Å². The second-order valence-corrected chi connectivity index (χ2v) is 6.45. The number of halogens is 2. The van der Waals surface area contributed by atoms with Gasteiger partial charge in [0.1, 0.15) is 11.6 Å². The molecule has 0 aliphatic carbocycles. The average Bonchev–Trinajstić information content (AvgIpc) is 2.63. The number of benzene rings is 2. The smallest absolute Gasteiger partial charge is 0.223 e. The Hall–Kier alpha value is -2.27. The highest BCUT2D eigenvalue weighted by atomic mass is 19.1. The van der Waals surface area contributed by atoms with Crippen molar-refractivity contribution in [1.82, 2.24) is 10.2 Å². The summed E-state index contributed by atoms with van der Waals surface area (Å²) >= 11 is 0. The van der Waals surface area contributed by atoms with Crippen LogP contribution in [0.3, 0.4) is 0 Å². The van der Waals surface area contributed by atoms with Crippen LogP contribution in [0.2, 0.25) is 0 Å². The molecule has 0 atom stereocenters. The van der Waals surface area contributed by atoms with Crippen molar-refractivity contribution in [3.8, 4) is 0 Å². The first-order chi connectivity index (χ1) is 12.1. The van der Waals surface area contributed by atoms with Crippen LogP contribution in [-0.2, 0) is 17.9 Å². The van der Waals surface area contributed by atoms with E-state index in [4.69, 9.17) is 0 Å². The van der Waals surface area contributed by atoms with E-state index in [9.17, 15) is 13.6 Å². The van der Waals surface area contributed by atoms with Crippen LogP contribution < -0.4 is 5.32 Å². The van der Waals surface area contributed by atoms with Crippen molar-refractivity contribution in [2.45, 2.75) is 25.9 Å². The quantitative estimate of drug-likeness (QED) is 0.900. The summed E-state index contributed by atoms with van der Waals surface area (Å²) in [5.41, 5.74) is 1.18. The predicted molar refractivity (Wildman–Crippen MR) is 92.6 cm³/mol. The van der Waals surface area contributed by atoms with Gasteiger partial charge in [0, 0.05) is 30.1 Å². The fraction of sp³-hybridized carbons (Fsp3) is 0.350. The molecule has 0 bridgehead atoms. The summed E-state index contributed by atoms with van der Waals surface area (Å²) in [6.07, 6.45) is 1.47. The number of piperidine rings is 1. The number of hydrogen-bond donors (Lipinski definition) is 1. The average molecular weight is 344 g/mol. The maximum atomic E-state index is 13.7. The fourth-order valence-corrected chi connectivity index (χ4v) is 3.19. The van der Waals surface area contributed by atoms with Gasteiger partial charge in [-0.25, -0.2) is 8.78 Å². The van der Waals surface area contributed by atoms with Gasteiger partial charge in [-0.3, -0.25) is 9.69 Å². The number of carbonyl (C=O) groups excluding carboxylic acids is 1. The predicted octanol–water partition coefficient (Wildman–Crippen LogP) is 3.49. The highest BCUT2D eigenvalue weighted by Crippen LogP contribution is 2.20.